The standard InChI is InChI=1S/C7H11NO/c1-3-6-4-7(9)8(2)5-6/h4H,3,5H2,1-2H3. The van der Waals surface area contributed by atoms with Gasteiger partial charge in [0, 0.05) is 19.7 Å². The number of nitrogens with zero attached hydrogens (tertiary/aromatic N) is 1. The quantitative estimate of drug-likeness (QED) is 0.507. The van der Waals surface area contributed by atoms with Crippen LogP contribution in [-0.2, 0) is 4.79 Å². The summed E-state index contributed by atoms with van der Waals surface area (Å²) in [5.41, 5.74) is 1.24. The molecule has 0 radical (unpaired) electrons. The van der Waals surface area contributed by atoms with Gasteiger partial charge in [-0.05, 0) is 12.0 Å². The van der Waals surface area contributed by atoms with E-state index >= 15 is 0 Å². The molecule has 50 valence electrons. The van der Waals surface area contributed by atoms with E-state index in [1.807, 2.05) is 7.05 Å². The third kappa shape index (κ3) is 1.12. The van der Waals surface area contributed by atoms with Crippen molar-refractivity contribution in [2.24, 2.45) is 0 Å². The van der Waals surface area contributed by atoms with Crippen LogP contribution in [0.25, 0.3) is 0 Å². The summed E-state index contributed by atoms with van der Waals surface area (Å²) >= 11 is 0. The molecule has 1 aliphatic heterocycles. The Kier molecular flexibility index (Phi) is 1.56. The van der Waals surface area contributed by atoms with Gasteiger partial charge in [-0.15, -0.1) is 0 Å². The molecular weight excluding hydrogens is 114 g/mol. The fourth-order valence-electron chi connectivity index (χ4n) is 0.927. The van der Waals surface area contributed by atoms with E-state index in [1.165, 1.54) is 5.57 Å². The van der Waals surface area contributed by atoms with Crippen molar-refractivity contribution < 1.29 is 4.79 Å². The summed E-state index contributed by atoms with van der Waals surface area (Å²) in [7, 11) is 1.82. The zero-order valence-electron chi connectivity index (χ0n) is 5.85. The first kappa shape index (κ1) is 6.33. The smallest absolute Gasteiger partial charge is 0.246 e. The molecule has 1 aliphatic rings. The van der Waals surface area contributed by atoms with Gasteiger partial charge in [0.1, 0.15) is 0 Å². The first-order valence-corrected chi connectivity index (χ1v) is 3.18. The van der Waals surface area contributed by atoms with Gasteiger partial charge in [-0.1, -0.05) is 6.92 Å². The lowest BCUT2D eigenvalue weighted by Gasteiger charge is -2.06. The fourth-order valence-corrected chi connectivity index (χ4v) is 0.927. The number of carbonyl (C=O) groups excluding carboxylic acids is 1. The maximum atomic E-state index is 10.8. The molecule has 0 saturated heterocycles. The van der Waals surface area contributed by atoms with Crippen molar-refractivity contribution in [1.82, 2.24) is 4.90 Å². The van der Waals surface area contributed by atoms with E-state index in [1.54, 1.807) is 11.0 Å². The molecule has 1 rings (SSSR count). The number of carbonyl (C=O) groups is 1. The molecule has 0 aliphatic carbocycles. The van der Waals surface area contributed by atoms with Crippen LogP contribution in [0.4, 0.5) is 0 Å². The van der Waals surface area contributed by atoms with Crippen molar-refractivity contribution in [3.05, 3.63) is 11.6 Å². The molecule has 0 saturated carbocycles. The van der Waals surface area contributed by atoms with Crippen molar-refractivity contribution in [2.45, 2.75) is 13.3 Å². The summed E-state index contributed by atoms with van der Waals surface area (Å²) in [6, 6.07) is 0. The summed E-state index contributed by atoms with van der Waals surface area (Å²) in [4.78, 5) is 12.5. The summed E-state index contributed by atoms with van der Waals surface area (Å²) in [6.07, 6.45) is 2.72. The minimum absolute atomic E-state index is 0.145. The number of likely N-dealkylation sites (N-methyl/N-ethyl adjacent to an activating group) is 1. The molecule has 0 atom stereocenters. The largest absolute Gasteiger partial charge is 0.338 e. The molecule has 0 unspecified atom stereocenters. The van der Waals surface area contributed by atoms with Crippen LogP contribution in [0, 0.1) is 0 Å². The average molecular weight is 125 g/mol. The van der Waals surface area contributed by atoms with Crippen LogP contribution in [0.15, 0.2) is 11.6 Å². The minimum atomic E-state index is 0.145. The van der Waals surface area contributed by atoms with Gasteiger partial charge in [-0.25, -0.2) is 0 Å². The maximum Gasteiger partial charge on any atom is 0.246 e. The molecule has 0 spiro atoms. The van der Waals surface area contributed by atoms with Crippen molar-refractivity contribution in [1.29, 1.82) is 0 Å². The molecule has 0 bridgehead atoms. The zero-order chi connectivity index (χ0) is 6.85. The monoisotopic (exact) mass is 125 g/mol. The number of rotatable bonds is 1. The Bertz CT molecular complexity index is 160. The van der Waals surface area contributed by atoms with Gasteiger partial charge < -0.3 is 4.90 Å². The molecule has 9 heavy (non-hydrogen) atoms. The van der Waals surface area contributed by atoms with Crippen LogP contribution in [0.1, 0.15) is 13.3 Å². The predicted octanol–water partition coefficient (Wildman–Crippen LogP) is 0.795. The zero-order valence-corrected chi connectivity index (χ0v) is 5.85. The van der Waals surface area contributed by atoms with Crippen LogP contribution in [-0.4, -0.2) is 24.4 Å². The second-order valence-electron chi connectivity index (χ2n) is 2.35. The molecule has 2 heteroatoms. The van der Waals surface area contributed by atoms with E-state index < -0.39 is 0 Å². The van der Waals surface area contributed by atoms with Crippen molar-refractivity contribution in [3.8, 4) is 0 Å². The summed E-state index contributed by atoms with van der Waals surface area (Å²) in [5.74, 6) is 0.145. The topological polar surface area (TPSA) is 20.3 Å². The molecular formula is C7H11NO. The highest BCUT2D eigenvalue weighted by atomic mass is 16.2. The first-order valence-electron chi connectivity index (χ1n) is 3.18. The lowest BCUT2D eigenvalue weighted by molar-refractivity contribution is -0.123. The number of hydrogen-bond acceptors (Lipinski definition) is 1. The Labute approximate surface area is 55.2 Å². The SMILES string of the molecule is CCC1=CC(=O)N(C)C1. The molecule has 2 nitrogen and oxygen atoms in total. The minimum Gasteiger partial charge on any atom is -0.338 e. The van der Waals surface area contributed by atoms with Gasteiger partial charge >= 0.3 is 0 Å². The van der Waals surface area contributed by atoms with Gasteiger partial charge in [0.05, 0.1) is 0 Å². The molecule has 0 aromatic rings. The summed E-state index contributed by atoms with van der Waals surface area (Å²) in [5, 5.41) is 0. The summed E-state index contributed by atoms with van der Waals surface area (Å²) in [6.45, 7) is 2.90. The Hall–Kier alpha value is -0.790. The highest BCUT2D eigenvalue weighted by Gasteiger charge is 2.14. The van der Waals surface area contributed by atoms with Crippen LogP contribution in [0.2, 0.25) is 0 Å². The van der Waals surface area contributed by atoms with E-state index in [9.17, 15) is 4.79 Å². The Balaban J connectivity index is 2.62. The average Bonchev–Trinajstić information content (AvgIpc) is 2.13. The molecule has 0 aromatic carbocycles. The van der Waals surface area contributed by atoms with Gasteiger partial charge in [0.15, 0.2) is 0 Å². The highest BCUT2D eigenvalue weighted by Crippen LogP contribution is 2.10. The van der Waals surface area contributed by atoms with E-state index in [0.717, 1.165) is 13.0 Å². The lowest BCUT2D eigenvalue weighted by Crippen LogP contribution is -2.19. The van der Waals surface area contributed by atoms with Gasteiger partial charge in [-0.2, -0.15) is 0 Å². The highest BCUT2D eigenvalue weighted by molar-refractivity contribution is 5.90. The van der Waals surface area contributed by atoms with Gasteiger partial charge in [-0.3, -0.25) is 4.79 Å². The molecule has 0 fully saturated rings. The Morgan fingerprint density at radius 3 is 2.67 bits per heavy atom. The molecule has 0 N–H and O–H groups in total. The third-order valence-electron chi connectivity index (χ3n) is 1.60. The lowest BCUT2D eigenvalue weighted by atomic mass is 10.2. The Morgan fingerprint density at radius 2 is 2.44 bits per heavy atom. The van der Waals surface area contributed by atoms with Crippen LogP contribution in [0.5, 0.6) is 0 Å². The van der Waals surface area contributed by atoms with Crippen molar-refractivity contribution in [2.75, 3.05) is 13.6 Å². The maximum absolute atomic E-state index is 10.8. The molecule has 1 amide bonds. The molecule has 1 heterocycles. The first-order chi connectivity index (χ1) is 4.24. The second-order valence-corrected chi connectivity index (χ2v) is 2.35. The predicted molar refractivity (Wildman–Crippen MR) is 36.0 cm³/mol. The molecule has 0 aromatic heterocycles. The van der Waals surface area contributed by atoms with Crippen molar-refractivity contribution >= 4 is 5.91 Å². The summed E-state index contributed by atoms with van der Waals surface area (Å²) < 4.78 is 0. The van der Waals surface area contributed by atoms with Crippen molar-refractivity contribution in [3.63, 3.8) is 0 Å². The Morgan fingerprint density at radius 1 is 1.78 bits per heavy atom. The number of amides is 1. The van der Waals surface area contributed by atoms with E-state index in [4.69, 9.17) is 0 Å². The number of hydrogen-bond donors (Lipinski definition) is 0. The fraction of sp³-hybridized carbons (Fsp3) is 0.571. The van der Waals surface area contributed by atoms with E-state index in [2.05, 4.69) is 6.92 Å². The van der Waals surface area contributed by atoms with Crippen LogP contribution in [0.3, 0.4) is 0 Å². The van der Waals surface area contributed by atoms with E-state index in [0.29, 0.717) is 0 Å². The third-order valence-corrected chi connectivity index (χ3v) is 1.60. The second kappa shape index (κ2) is 2.21. The van der Waals surface area contributed by atoms with Gasteiger partial charge in [0.25, 0.3) is 0 Å². The van der Waals surface area contributed by atoms with E-state index in [-0.39, 0.29) is 5.91 Å². The van der Waals surface area contributed by atoms with Gasteiger partial charge in [0.2, 0.25) is 5.91 Å². The normalized spacial score (nSPS) is 18.7. The van der Waals surface area contributed by atoms with Crippen LogP contribution < -0.4 is 0 Å². The van der Waals surface area contributed by atoms with Crippen LogP contribution >= 0.6 is 0 Å².